The van der Waals surface area contributed by atoms with E-state index in [9.17, 15) is 23.1 Å². The quantitative estimate of drug-likeness (QED) is 0.791. The maximum atomic E-state index is 12.9. The number of aliphatic carboxylic acids is 1. The van der Waals surface area contributed by atoms with Crippen LogP contribution in [0.2, 0.25) is 0 Å². The van der Waals surface area contributed by atoms with Gasteiger partial charge in [0.2, 0.25) is 0 Å². The molecule has 148 valence electrons. The Hall–Kier alpha value is -2.70. The molecule has 2 atom stereocenters. The monoisotopic (exact) mass is 390 g/mol. The number of carboxylic acid groups (broad SMARTS) is 1. The number of hydrogen-bond acceptors (Lipinski definition) is 3. The Balaban J connectivity index is 1.71. The van der Waals surface area contributed by atoms with Crippen LogP contribution in [0.15, 0.2) is 48.5 Å². The van der Waals surface area contributed by atoms with Gasteiger partial charge in [-0.3, -0.25) is 4.79 Å². The summed E-state index contributed by atoms with van der Waals surface area (Å²) in [6.07, 6.45) is -3.32. The van der Waals surface area contributed by atoms with Crippen molar-refractivity contribution in [3.63, 3.8) is 0 Å². The highest BCUT2D eigenvalue weighted by molar-refractivity contribution is 5.81. The number of nitrogens with zero attached hydrogens (tertiary/aromatic N) is 2. The number of anilines is 3. The summed E-state index contributed by atoms with van der Waals surface area (Å²) in [5.74, 6) is -0.799. The first-order chi connectivity index (χ1) is 13.2. The van der Waals surface area contributed by atoms with Crippen LogP contribution in [0.4, 0.5) is 30.2 Å². The lowest BCUT2D eigenvalue weighted by molar-refractivity contribution is -0.149. The van der Waals surface area contributed by atoms with Crippen molar-refractivity contribution in [2.45, 2.75) is 32.0 Å². The van der Waals surface area contributed by atoms with Crippen molar-refractivity contribution in [2.24, 2.45) is 5.41 Å². The summed E-state index contributed by atoms with van der Waals surface area (Å²) in [6, 6.07) is 12.9. The summed E-state index contributed by atoms with van der Waals surface area (Å²) in [5, 5.41) is 9.63. The van der Waals surface area contributed by atoms with Gasteiger partial charge in [-0.05, 0) is 56.2 Å². The third-order valence-corrected chi connectivity index (χ3v) is 5.93. The van der Waals surface area contributed by atoms with E-state index in [1.54, 1.807) is 6.92 Å². The van der Waals surface area contributed by atoms with Crippen molar-refractivity contribution in [1.29, 1.82) is 0 Å². The molecule has 2 aromatic carbocycles. The maximum Gasteiger partial charge on any atom is 0.416 e. The number of alkyl halides is 3. The molecule has 2 heterocycles. The summed E-state index contributed by atoms with van der Waals surface area (Å²) >= 11 is 0. The fourth-order valence-electron chi connectivity index (χ4n) is 4.28. The van der Waals surface area contributed by atoms with E-state index in [1.165, 1.54) is 12.1 Å². The van der Waals surface area contributed by atoms with E-state index in [0.29, 0.717) is 31.6 Å². The molecule has 0 aromatic heterocycles. The molecule has 7 heteroatoms. The van der Waals surface area contributed by atoms with Crippen molar-refractivity contribution in [3.8, 4) is 0 Å². The van der Waals surface area contributed by atoms with E-state index >= 15 is 0 Å². The molecule has 0 radical (unpaired) electrons. The van der Waals surface area contributed by atoms with Crippen LogP contribution in [-0.4, -0.2) is 30.2 Å². The van der Waals surface area contributed by atoms with Crippen LogP contribution < -0.4 is 9.80 Å². The van der Waals surface area contributed by atoms with Crippen molar-refractivity contribution in [1.82, 2.24) is 0 Å². The molecule has 0 saturated carbocycles. The summed E-state index contributed by atoms with van der Waals surface area (Å²) in [4.78, 5) is 16.0. The largest absolute Gasteiger partial charge is 0.481 e. The molecule has 4 nitrogen and oxygen atoms in total. The molecule has 2 aliphatic heterocycles. The average molecular weight is 390 g/mol. The minimum atomic E-state index is -4.37. The number of halogens is 3. The van der Waals surface area contributed by atoms with Crippen LogP contribution in [0.25, 0.3) is 0 Å². The van der Waals surface area contributed by atoms with E-state index in [1.807, 2.05) is 29.2 Å². The lowest BCUT2D eigenvalue weighted by atomic mass is 9.76. The predicted octanol–water partition coefficient (Wildman–Crippen LogP) is 4.92. The number of rotatable bonds is 2. The minimum Gasteiger partial charge on any atom is -0.481 e. The number of piperidine rings is 1. The van der Waals surface area contributed by atoms with Gasteiger partial charge in [-0.1, -0.05) is 12.1 Å². The molecular weight excluding hydrogens is 369 g/mol. The van der Waals surface area contributed by atoms with Gasteiger partial charge in [-0.15, -0.1) is 0 Å². The van der Waals surface area contributed by atoms with Gasteiger partial charge in [-0.2, -0.15) is 13.2 Å². The molecule has 28 heavy (non-hydrogen) atoms. The van der Waals surface area contributed by atoms with Gasteiger partial charge in [0.15, 0.2) is 0 Å². The van der Waals surface area contributed by atoms with E-state index < -0.39 is 23.1 Å². The molecule has 0 spiro atoms. The van der Waals surface area contributed by atoms with Crippen LogP contribution in [-0.2, 0) is 11.0 Å². The Morgan fingerprint density at radius 1 is 1.11 bits per heavy atom. The predicted molar refractivity (Wildman–Crippen MR) is 101 cm³/mol. The second-order valence-corrected chi connectivity index (χ2v) is 7.81. The molecule has 2 aliphatic rings. The molecule has 4 rings (SSSR count). The summed E-state index contributed by atoms with van der Waals surface area (Å²) < 4.78 is 38.7. The first kappa shape index (κ1) is 18.7. The summed E-state index contributed by atoms with van der Waals surface area (Å²) in [6.45, 7) is 2.95. The number of para-hydroxylation sites is 2. The second kappa shape index (κ2) is 6.43. The van der Waals surface area contributed by atoms with Gasteiger partial charge in [0.1, 0.15) is 0 Å². The Kier molecular flexibility index (Phi) is 4.28. The van der Waals surface area contributed by atoms with Gasteiger partial charge < -0.3 is 14.9 Å². The van der Waals surface area contributed by atoms with Crippen molar-refractivity contribution in [3.05, 3.63) is 54.1 Å². The number of benzene rings is 2. The standard InChI is InChI=1S/C21H21F3N2O2/c1-20(19(27)28)10-11-25-16(12-20)13-26(18-5-3-2-4-17(18)25)15-8-6-14(7-9-15)21(22,23)24/h2-9,16H,10-13H2,1H3,(H,27,28)/t16-,20+/m0/s1. The smallest absolute Gasteiger partial charge is 0.416 e. The van der Waals surface area contributed by atoms with Crippen LogP contribution in [0, 0.1) is 5.41 Å². The van der Waals surface area contributed by atoms with E-state index in [4.69, 9.17) is 0 Å². The lowest BCUT2D eigenvalue weighted by Crippen LogP contribution is -2.55. The number of carbonyl (C=O) groups is 1. The van der Waals surface area contributed by atoms with Gasteiger partial charge in [0.05, 0.1) is 22.4 Å². The molecule has 0 amide bonds. The summed E-state index contributed by atoms with van der Waals surface area (Å²) in [7, 11) is 0. The first-order valence-corrected chi connectivity index (χ1v) is 9.23. The second-order valence-electron chi connectivity index (χ2n) is 7.81. The van der Waals surface area contributed by atoms with Gasteiger partial charge in [0.25, 0.3) is 0 Å². The fourth-order valence-corrected chi connectivity index (χ4v) is 4.28. The number of fused-ring (bicyclic) bond motifs is 3. The van der Waals surface area contributed by atoms with Crippen LogP contribution >= 0.6 is 0 Å². The zero-order valence-corrected chi connectivity index (χ0v) is 15.4. The number of carboxylic acids is 1. The minimum absolute atomic E-state index is 0.0213. The fraction of sp³-hybridized carbons (Fsp3) is 0.381. The summed E-state index contributed by atoms with van der Waals surface area (Å²) in [5.41, 5.74) is 1.12. The average Bonchev–Trinajstić information content (AvgIpc) is 2.66. The normalized spacial score (nSPS) is 24.5. The van der Waals surface area contributed by atoms with Crippen molar-refractivity contribution < 1.29 is 23.1 Å². The third-order valence-electron chi connectivity index (χ3n) is 5.93. The highest BCUT2D eigenvalue weighted by Crippen LogP contribution is 2.46. The molecular formula is C21H21F3N2O2. The van der Waals surface area contributed by atoms with Crippen LogP contribution in [0.1, 0.15) is 25.3 Å². The zero-order valence-electron chi connectivity index (χ0n) is 15.4. The Morgan fingerprint density at radius 2 is 1.75 bits per heavy atom. The zero-order chi connectivity index (χ0) is 20.1. The molecule has 1 N–H and O–H groups in total. The molecule has 1 fully saturated rings. The molecule has 0 unspecified atom stereocenters. The highest BCUT2D eigenvalue weighted by Gasteiger charge is 2.45. The third kappa shape index (κ3) is 3.08. The Labute approximate surface area is 161 Å². The molecule has 0 aliphatic carbocycles. The van der Waals surface area contributed by atoms with Crippen LogP contribution in [0.5, 0.6) is 0 Å². The van der Waals surface area contributed by atoms with Gasteiger partial charge >= 0.3 is 12.1 Å². The Bertz CT molecular complexity index is 897. The SMILES string of the molecule is C[C@@]1(C(=O)O)CCN2c3ccccc3N(c3ccc(C(F)(F)F)cc3)C[C@@H]2C1. The lowest BCUT2D eigenvalue weighted by Gasteiger charge is -2.50. The molecule has 0 bridgehead atoms. The van der Waals surface area contributed by atoms with E-state index in [-0.39, 0.29) is 6.04 Å². The molecule has 2 aromatic rings. The van der Waals surface area contributed by atoms with Crippen molar-refractivity contribution in [2.75, 3.05) is 22.9 Å². The van der Waals surface area contributed by atoms with Gasteiger partial charge in [-0.25, -0.2) is 0 Å². The highest BCUT2D eigenvalue weighted by atomic mass is 19.4. The van der Waals surface area contributed by atoms with Crippen molar-refractivity contribution >= 4 is 23.0 Å². The first-order valence-electron chi connectivity index (χ1n) is 9.23. The number of hydrogen-bond donors (Lipinski definition) is 1. The maximum absolute atomic E-state index is 12.9. The van der Waals surface area contributed by atoms with Gasteiger partial charge in [0, 0.05) is 24.8 Å². The van der Waals surface area contributed by atoms with E-state index in [2.05, 4.69) is 4.90 Å². The molecule has 1 saturated heterocycles. The van der Waals surface area contributed by atoms with Crippen LogP contribution in [0.3, 0.4) is 0 Å². The Morgan fingerprint density at radius 3 is 2.36 bits per heavy atom. The topological polar surface area (TPSA) is 43.8 Å². The van der Waals surface area contributed by atoms with E-state index in [0.717, 1.165) is 23.5 Å².